The molecule has 0 bridgehead atoms. The van der Waals surface area contributed by atoms with Crippen LogP contribution in [0.3, 0.4) is 0 Å². The zero-order valence-electron chi connectivity index (χ0n) is 10.6. The van der Waals surface area contributed by atoms with Crippen LogP contribution in [0.1, 0.15) is 15.9 Å². The maximum absolute atomic E-state index is 13.0. The lowest BCUT2D eigenvalue weighted by atomic mass is 10.1. The fourth-order valence-corrected chi connectivity index (χ4v) is 1.72. The number of anilines is 1. The summed E-state index contributed by atoms with van der Waals surface area (Å²) >= 11 is 0. The molecule has 6 heteroatoms. The largest absolute Gasteiger partial charge is 0.322 e. The van der Waals surface area contributed by atoms with Gasteiger partial charge in [0.05, 0.1) is 4.92 Å². The van der Waals surface area contributed by atoms with Gasteiger partial charge in [-0.1, -0.05) is 6.07 Å². The Balaban J connectivity index is 2.24. The number of halogens is 1. The van der Waals surface area contributed by atoms with E-state index in [1.54, 1.807) is 6.92 Å². The number of nitrogens with zero attached hydrogens (tertiary/aromatic N) is 1. The smallest absolute Gasteiger partial charge is 0.270 e. The summed E-state index contributed by atoms with van der Waals surface area (Å²) in [4.78, 5) is 22.1. The van der Waals surface area contributed by atoms with Crippen molar-refractivity contribution < 1.29 is 14.1 Å². The van der Waals surface area contributed by atoms with Crippen molar-refractivity contribution in [3.8, 4) is 0 Å². The summed E-state index contributed by atoms with van der Waals surface area (Å²) in [5.41, 5.74) is 1.04. The predicted molar refractivity (Wildman–Crippen MR) is 72.2 cm³/mol. The third-order valence-electron chi connectivity index (χ3n) is 2.76. The van der Waals surface area contributed by atoms with Gasteiger partial charge in [-0.05, 0) is 36.8 Å². The monoisotopic (exact) mass is 274 g/mol. The zero-order chi connectivity index (χ0) is 14.7. The van der Waals surface area contributed by atoms with Crippen molar-refractivity contribution in [1.29, 1.82) is 0 Å². The Labute approximate surface area is 114 Å². The molecule has 2 aromatic rings. The molecule has 0 aliphatic heterocycles. The molecule has 0 radical (unpaired) electrons. The molecule has 0 aromatic heterocycles. The zero-order valence-corrected chi connectivity index (χ0v) is 10.6. The van der Waals surface area contributed by atoms with Crippen molar-refractivity contribution in [1.82, 2.24) is 0 Å². The molecule has 0 atom stereocenters. The van der Waals surface area contributed by atoms with Gasteiger partial charge < -0.3 is 5.32 Å². The van der Waals surface area contributed by atoms with Gasteiger partial charge in [-0.2, -0.15) is 0 Å². The number of nitro benzene ring substituents is 1. The van der Waals surface area contributed by atoms with E-state index >= 15 is 0 Å². The Kier molecular flexibility index (Phi) is 3.74. The van der Waals surface area contributed by atoms with Crippen LogP contribution >= 0.6 is 0 Å². The van der Waals surface area contributed by atoms with Crippen molar-refractivity contribution in [2.45, 2.75) is 6.92 Å². The van der Waals surface area contributed by atoms with E-state index in [2.05, 4.69) is 5.32 Å². The van der Waals surface area contributed by atoms with Crippen molar-refractivity contribution in [2.24, 2.45) is 0 Å². The van der Waals surface area contributed by atoms with Crippen LogP contribution in [0.4, 0.5) is 15.8 Å². The Morgan fingerprint density at radius 1 is 1.25 bits per heavy atom. The molecule has 0 fully saturated rings. The van der Waals surface area contributed by atoms with Gasteiger partial charge in [0.2, 0.25) is 0 Å². The van der Waals surface area contributed by atoms with Crippen LogP contribution in [0.25, 0.3) is 0 Å². The molecule has 0 aliphatic rings. The second-order valence-corrected chi connectivity index (χ2v) is 4.22. The molecule has 0 aliphatic carbocycles. The lowest BCUT2D eigenvalue weighted by Crippen LogP contribution is -2.13. The van der Waals surface area contributed by atoms with Gasteiger partial charge in [0.25, 0.3) is 11.6 Å². The van der Waals surface area contributed by atoms with Crippen LogP contribution in [0, 0.1) is 22.9 Å². The molecule has 1 N–H and O–H groups in total. The molecule has 0 spiro atoms. The van der Waals surface area contributed by atoms with Gasteiger partial charge in [0.1, 0.15) is 5.82 Å². The first-order valence-electron chi connectivity index (χ1n) is 5.79. The van der Waals surface area contributed by atoms with Crippen molar-refractivity contribution in [3.05, 3.63) is 69.5 Å². The van der Waals surface area contributed by atoms with E-state index in [-0.39, 0.29) is 11.3 Å². The highest BCUT2D eigenvalue weighted by atomic mass is 19.1. The van der Waals surface area contributed by atoms with Gasteiger partial charge in [0, 0.05) is 23.4 Å². The second kappa shape index (κ2) is 5.48. The van der Waals surface area contributed by atoms with Crippen molar-refractivity contribution in [2.75, 3.05) is 5.32 Å². The number of rotatable bonds is 3. The van der Waals surface area contributed by atoms with Crippen LogP contribution in [-0.4, -0.2) is 10.8 Å². The van der Waals surface area contributed by atoms with Crippen molar-refractivity contribution >= 4 is 17.3 Å². The molecule has 0 unspecified atom stereocenters. The number of hydrogen-bond donors (Lipinski definition) is 1. The number of hydrogen-bond acceptors (Lipinski definition) is 3. The topological polar surface area (TPSA) is 72.2 Å². The molecule has 0 saturated carbocycles. The second-order valence-electron chi connectivity index (χ2n) is 4.22. The number of aryl methyl sites for hydroxylation is 1. The molecular weight excluding hydrogens is 263 g/mol. The first kappa shape index (κ1) is 13.7. The standard InChI is InChI=1S/C14H11FN2O3/c1-9-7-11(15)5-6-13(9)16-14(18)10-3-2-4-12(8-10)17(19)20/h2-8H,1H3,(H,16,18). The van der Waals surface area contributed by atoms with E-state index < -0.39 is 16.6 Å². The van der Waals surface area contributed by atoms with Crippen molar-refractivity contribution in [3.63, 3.8) is 0 Å². The van der Waals surface area contributed by atoms with E-state index in [1.165, 1.54) is 42.5 Å². The lowest BCUT2D eigenvalue weighted by molar-refractivity contribution is -0.384. The Morgan fingerprint density at radius 2 is 2.00 bits per heavy atom. The maximum atomic E-state index is 13.0. The number of non-ortho nitro benzene ring substituents is 1. The van der Waals surface area contributed by atoms with E-state index in [1.807, 2.05) is 0 Å². The van der Waals surface area contributed by atoms with E-state index in [0.29, 0.717) is 11.3 Å². The fraction of sp³-hybridized carbons (Fsp3) is 0.0714. The number of carbonyl (C=O) groups excluding carboxylic acids is 1. The minimum Gasteiger partial charge on any atom is -0.322 e. The third kappa shape index (κ3) is 2.97. The normalized spacial score (nSPS) is 10.1. The van der Waals surface area contributed by atoms with Crippen LogP contribution in [-0.2, 0) is 0 Å². The van der Waals surface area contributed by atoms with E-state index in [9.17, 15) is 19.3 Å². The Morgan fingerprint density at radius 3 is 2.65 bits per heavy atom. The van der Waals surface area contributed by atoms with Crippen LogP contribution < -0.4 is 5.32 Å². The number of nitro groups is 1. The fourth-order valence-electron chi connectivity index (χ4n) is 1.72. The van der Waals surface area contributed by atoms with E-state index in [0.717, 1.165) is 0 Å². The van der Waals surface area contributed by atoms with Crippen LogP contribution in [0.5, 0.6) is 0 Å². The third-order valence-corrected chi connectivity index (χ3v) is 2.76. The maximum Gasteiger partial charge on any atom is 0.270 e. The summed E-state index contributed by atoms with van der Waals surface area (Å²) < 4.78 is 13.0. The Hall–Kier alpha value is -2.76. The molecule has 0 saturated heterocycles. The van der Waals surface area contributed by atoms with Gasteiger partial charge in [0.15, 0.2) is 0 Å². The molecule has 1 amide bonds. The van der Waals surface area contributed by atoms with E-state index in [4.69, 9.17) is 0 Å². The van der Waals surface area contributed by atoms with Gasteiger partial charge in [-0.15, -0.1) is 0 Å². The highest BCUT2D eigenvalue weighted by Gasteiger charge is 2.12. The van der Waals surface area contributed by atoms with Gasteiger partial charge in [-0.3, -0.25) is 14.9 Å². The van der Waals surface area contributed by atoms with Gasteiger partial charge in [-0.25, -0.2) is 4.39 Å². The molecular formula is C14H11FN2O3. The highest BCUT2D eigenvalue weighted by molar-refractivity contribution is 6.05. The average Bonchev–Trinajstić information content (AvgIpc) is 2.42. The molecule has 2 rings (SSSR count). The highest BCUT2D eigenvalue weighted by Crippen LogP contribution is 2.18. The van der Waals surface area contributed by atoms with Gasteiger partial charge >= 0.3 is 0 Å². The number of benzene rings is 2. The summed E-state index contributed by atoms with van der Waals surface area (Å²) in [6, 6.07) is 9.37. The summed E-state index contributed by atoms with van der Waals surface area (Å²) in [5.74, 6) is -0.876. The number of amides is 1. The number of nitrogens with one attached hydrogen (secondary N) is 1. The Bertz CT molecular complexity index is 686. The predicted octanol–water partition coefficient (Wildman–Crippen LogP) is 3.29. The first-order chi connectivity index (χ1) is 9.47. The summed E-state index contributed by atoms with van der Waals surface area (Å²) in [7, 11) is 0. The summed E-state index contributed by atoms with van der Waals surface area (Å²) in [6.45, 7) is 1.66. The number of carbonyl (C=O) groups is 1. The minimum absolute atomic E-state index is 0.159. The molecule has 5 nitrogen and oxygen atoms in total. The molecule has 2 aromatic carbocycles. The first-order valence-corrected chi connectivity index (χ1v) is 5.79. The molecule has 0 heterocycles. The SMILES string of the molecule is Cc1cc(F)ccc1NC(=O)c1cccc([N+](=O)[O-])c1. The van der Waals surface area contributed by atoms with Crippen LogP contribution in [0.2, 0.25) is 0 Å². The molecule has 20 heavy (non-hydrogen) atoms. The van der Waals surface area contributed by atoms with Crippen LogP contribution in [0.15, 0.2) is 42.5 Å². The summed E-state index contributed by atoms with van der Waals surface area (Å²) in [6.07, 6.45) is 0. The minimum atomic E-state index is -0.570. The quantitative estimate of drug-likeness (QED) is 0.689. The average molecular weight is 274 g/mol. The summed E-state index contributed by atoms with van der Waals surface area (Å²) in [5, 5.41) is 13.2. The molecule has 102 valence electrons. The lowest BCUT2D eigenvalue weighted by Gasteiger charge is -2.08.